The van der Waals surface area contributed by atoms with Crippen molar-refractivity contribution in [3.63, 3.8) is 0 Å². The zero-order valence-electron chi connectivity index (χ0n) is 57.3. The number of carboxylic acids is 5. The zero-order chi connectivity index (χ0) is 76.0. The number of carbonyl (C=O) groups is 18. The SMILES string of the molecule is CC[C@H](C)[C@H](N)C(=O)N[C@@H](CCCCN)C(=O)N1CCC[C@H]1C(=O)N[C@@H](CCC(=O)O)C(=O)N[C@@H](C)C(=O)N1CCC[C@H]1C(=O)NCC(=O)N[C@@H](CCC(=O)O)C(=O)N[C@@H](CC(=O)O)C(=O)N[C@@H](C)C(=O)N[C@@H](CO)C(=O)N1CCC[C@H]1C(=O)N[C@@H](CCC(=O)O)C(=O)N[C@H](C)CCC(=O)O. The van der Waals surface area contributed by atoms with Gasteiger partial charge in [0.05, 0.1) is 25.6 Å². The minimum absolute atomic E-state index is 0.00588. The summed E-state index contributed by atoms with van der Waals surface area (Å²) in [4.78, 5) is 238. The maximum absolute atomic E-state index is 14.1. The summed E-state index contributed by atoms with van der Waals surface area (Å²) in [5.41, 5.74) is 11.8. The van der Waals surface area contributed by atoms with Gasteiger partial charge in [-0.05, 0) is 117 Å². The summed E-state index contributed by atoms with van der Waals surface area (Å²) in [7, 11) is 0. The van der Waals surface area contributed by atoms with Crippen LogP contribution in [-0.2, 0) is 86.3 Å². The van der Waals surface area contributed by atoms with Gasteiger partial charge in [0.1, 0.15) is 66.5 Å². The van der Waals surface area contributed by atoms with Crippen molar-refractivity contribution < 1.29 is 117 Å². The molecule has 0 aliphatic carbocycles. The van der Waals surface area contributed by atoms with E-state index >= 15 is 0 Å². The highest BCUT2D eigenvalue weighted by Crippen LogP contribution is 2.23. The second kappa shape index (κ2) is 42.4. The maximum atomic E-state index is 14.1. The molecule has 3 fully saturated rings. The highest BCUT2D eigenvalue weighted by Gasteiger charge is 2.43. The lowest BCUT2D eigenvalue weighted by Crippen LogP contribution is -2.60. The number of hydrogen-bond acceptors (Lipinski definition) is 21. The number of aliphatic hydroxyl groups is 1. The Hall–Kier alpha value is -9.66. The van der Waals surface area contributed by atoms with E-state index in [9.17, 15) is 112 Å². The van der Waals surface area contributed by atoms with Crippen molar-refractivity contribution in [1.29, 1.82) is 0 Å². The molecule has 101 heavy (non-hydrogen) atoms. The molecule has 566 valence electrons. The monoisotopic (exact) mass is 1440 g/mol. The molecule has 0 saturated carbocycles. The van der Waals surface area contributed by atoms with Gasteiger partial charge >= 0.3 is 29.8 Å². The van der Waals surface area contributed by atoms with Crippen LogP contribution in [0, 0.1) is 5.92 Å². The number of nitrogens with one attached hydrogen (secondary N) is 10. The van der Waals surface area contributed by atoms with Gasteiger partial charge in [-0.3, -0.25) is 86.3 Å². The number of carboxylic acid groups (broad SMARTS) is 5. The number of unbranched alkanes of at least 4 members (excludes halogenated alkanes) is 1. The molecule has 0 bridgehead atoms. The largest absolute Gasteiger partial charge is 0.481 e. The van der Waals surface area contributed by atoms with E-state index in [2.05, 4.69) is 53.2 Å². The van der Waals surface area contributed by atoms with E-state index in [0.717, 1.165) is 16.7 Å². The molecule has 3 aliphatic heterocycles. The van der Waals surface area contributed by atoms with Crippen molar-refractivity contribution in [2.45, 2.75) is 235 Å². The molecule has 0 spiro atoms. The summed E-state index contributed by atoms with van der Waals surface area (Å²) < 4.78 is 0. The number of nitrogens with zero attached hydrogens (tertiary/aromatic N) is 3. The van der Waals surface area contributed by atoms with Crippen molar-refractivity contribution in [3.05, 3.63) is 0 Å². The van der Waals surface area contributed by atoms with Gasteiger partial charge in [0, 0.05) is 51.4 Å². The molecule has 3 aliphatic rings. The minimum atomic E-state index is -2.04. The van der Waals surface area contributed by atoms with Crippen LogP contribution in [0.25, 0.3) is 0 Å². The number of carbonyl (C=O) groups excluding carboxylic acids is 13. The van der Waals surface area contributed by atoms with Crippen molar-refractivity contribution in [2.75, 3.05) is 39.3 Å². The number of likely N-dealkylation sites (tertiary alicyclic amines) is 3. The third kappa shape index (κ3) is 28.1. The van der Waals surface area contributed by atoms with Crippen LogP contribution in [0.4, 0.5) is 0 Å². The third-order valence-corrected chi connectivity index (χ3v) is 17.4. The Morgan fingerprint density at radius 3 is 1.30 bits per heavy atom. The molecule has 0 unspecified atom stereocenters. The summed E-state index contributed by atoms with van der Waals surface area (Å²) >= 11 is 0. The van der Waals surface area contributed by atoms with E-state index < -0.39 is 243 Å². The first-order valence-electron chi connectivity index (χ1n) is 33.6. The molecule has 0 aromatic rings. The molecule has 0 aromatic heterocycles. The molecule has 3 saturated heterocycles. The van der Waals surface area contributed by atoms with Gasteiger partial charge in [-0.25, -0.2) is 0 Å². The molecule has 0 aromatic carbocycles. The number of nitrogens with two attached hydrogens (primary N) is 2. The number of hydrogen-bond donors (Lipinski definition) is 18. The van der Waals surface area contributed by atoms with Crippen LogP contribution in [0.5, 0.6) is 0 Å². The van der Waals surface area contributed by atoms with Crippen LogP contribution >= 0.6 is 0 Å². The molecule has 14 atom stereocenters. The number of aliphatic hydroxyl groups excluding tert-OH is 1. The van der Waals surface area contributed by atoms with E-state index in [1.54, 1.807) is 6.92 Å². The predicted octanol–water partition coefficient (Wildman–Crippen LogP) is -6.07. The van der Waals surface area contributed by atoms with E-state index in [1.165, 1.54) is 18.7 Å². The van der Waals surface area contributed by atoms with E-state index in [4.69, 9.17) is 16.6 Å². The Balaban J connectivity index is 1.67. The third-order valence-electron chi connectivity index (χ3n) is 17.4. The van der Waals surface area contributed by atoms with Crippen molar-refractivity contribution >= 4 is 107 Å². The van der Waals surface area contributed by atoms with Crippen molar-refractivity contribution in [2.24, 2.45) is 17.4 Å². The smallest absolute Gasteiger partial charge is 0.305 e. The molecule has 3 rings (SSSR count). The van der Waals surface area contributed by atoms with Crippen molar-refractivity contribution in [3.8, 4) is 0 Å². The average Bonchev–Trinajstić information content (AvgIpc) is 1.75. The summed E-state index contributed by atoms with van der Waals surface area (Å²) in [5, 5.41) is 80.9. The molecule has 20 N–H and O–H groups in total. The summed E-state index contributed by atoms with van der Waals surface area (Å²) in [6.45, 7) is 5.78. The number of aliphatic carboxylic acids is 5. The van der Waals surface area contributed by atoms with Gasteiger partial charge in [0.25, 0.3) is 0 Å². The van der Waals surface area contributed by atoms with Gasteiger partial charge in [-0.2, -0.15) is 0 Å². The van der Waals surface area contributed by atoms with Crippen LogP contribution in [0.2, 0.25) is 0 Å². The van der Waals surface area contributed by atoms with Crippen molar-refractivity contribution in [1.82, 2.24) is 67.9 Å². The van der Waals surface area contributed by atoms with Crippen LogP contribution in [-0.4, -0.2) is 270 Å². The van der Waals surface area contributed by atoms with E-state index in [1.807, 2.05) is 6.92 Å². The first kappa shape index (κ1) is 85.6. The average molecular weight is 1440 g/mol. The first-order valence-corrected chi connectivity index (χ1v) is 33.6. The van der Waals surface area contributed by atoms with Crippen LogP contribution in [0.1, 0.15) is 157 Å². The van der Waals surface area contributed by atoms with Gasteiger partial charge < -0.3 is 110 Å². The second-order valence-electron chi connectivity index (χ2n) is 25.3. The lowest BCUT2D eigenvalue weighted by molar-refractivity contribution is -0.144. The maximum Gasteiger partial charge on any atom is 0.305 e. The van der Waals surface area contributed by atoms with E-state index in [-0.39, 0.29) is 76.9 Å². The molecule has 39 heteroatoms. The molecule has 39 nitrogen and oxygen atoms in total. The van der Waals surface area contributed by atoms with Crippen LogP contribution < -0.4 is 64.6 Å². The summed E-state index contributed by atoms with van der Waals surface area (Å²) in [6.07, 6.45) is -2.19. The summed E-state index contributed by atoms with van der Waals surface area (Å²) in [5.74, 6) is -19.5. The number of rotatable bonds is 44. The highest BCUT2D eigenvalue weighted by atomic mass is 16.4. The molecule has 13 amide bonds. The molecular weight excluding hydrogens is 1340 g/mol. The van der Waals surface area contributed by atoms with Gasteiger partial charge in [0.15, 0.2) is 0 Å². The van der Waals surface area contributed by atoms with Gasteiger partial charge in [0.2, 0.25) is 76.8 Å². The molecular formula is C62H99N15O24. The highest BCUT2D eigenvalue weighted by molar-refractivity contribution is 6.00. The Morgan fingerprint density at radius 1 is 0.426 bits per heavy atom. The second-order valence-corrected chi connectivity index (χ2v) is 25.3. The van der Waals surface area contributed by atoms with E-state index in [0.29, 0.717) is 32.2 Å². The fourth-order valence-electron chi connectivity index (χ4n) is 11.4. The molecule has 0 radical (unpaired) electrons. The Bertz CT molecular complexity index is 3010. The fraction of sp³-hybridized carbons (Fsp3) is 0.710. The Labute approximate surface area is 581 Å². The first-order chi connectivity index (χ1) is 47.5. The van der Waals surface area contributed by atoms with Crippen LogP contribution in [0.15, 0.2) is 0 Å². The predicted molar refractivity (Wildman–Crippen MR) is 349 cm³/mol. The quantitative estimate of drug-likeness (QED) is 0.0253. The summed E-state index contributed by atoms with van der Waals surface area (Å²) in [6, 6.07) is -18.1. The normalized spacial score (nSPS) is 18.9. The topological polar surface area (TPSA) is 611 Å². The standard InChI is InChI=1S/C62H99N15O24/c1-6-31(2)50(64)59(98)72-38(12-7-8-24-63)61(100)76-26-10-14-42(76)57(96)71-37(19-23-48(86)87)53(92)68-34(5)60(99)75-25-9-13-41(75)56(95)65-29-44(79)69-35(17-21-46(82)83)54(93)73-39(28-49(88)89)55(94)67-33(4)51(90)74-40(30-78)62(101)77-27-11-15-43(77)58(97)70-36(18-22-47(84)85)52(91)66-32(3)16-20-45(80)81/h31-43,50,78H,6-30,63-64H2,1-5H3,(H,65,95)(H,66,91)(H,67,94)(H,68,92)(H,69,79)(H,70,97)(H,71,96)(H,72,98)(H,73,93)(H,74,90)(H,80,81)(H,82,83)(H,84,85)(H,86,87)(H,88,89)/t31-,32+,33-,34-,35-,36-,37-,38-,39-,40-,41-,42-,43-,50-/m0/s1. The lowest BCUT2D eigenvalue weighted by atomic mass is 9.98. The Morgan fingerprint density at radius 2 is 0.832 bits per heavy atom. The fourth-order valence-corrected chi connectivity index (χ4v) is 11.4. The number of amides is 13. The minimum Gasteiger partial charge on any atom is -0.481 e. The van der Waals surface area contributed by atoms with Gasteiger partial charge in [-0.15, -0.1) is 0 Å². The Kier molecular flexibility index (Phi) is 36.0. The lowest BCUT2D eigenvalue weighted by Gasteiger charge is -2.31. The van der Waals surface area contributed by atoms with Gasteiger partial charge in [-0.1, -0.05) is 20.3 Å². The van der Waals surface area contributed by atoms with Crippen LogP contribution in [0.3, 0.4) is 0 Å². The molecule has 3 heterocycles. The zero-order valence-corrected chi connectivity index (χ0v) is 57.3.